The Morgan fingerprint density at radius 1 is 1.33 bits per heavy atom. The lowest BCUT2D eigenvalue weighted by Crippen LogP contribution is -2.44. The Labute approximate surface area is 113 Å². The number of rotatable bonds is 8. The molecule has 108 valence electrons. The minimum absolute atomic E-state index is 0.604. The molecule has 0 aromatic carbocycles. The van der Waals surface area contributed by atoms with Crippen molar-refractivity contribution < 1.29 is 4.74 Å². The van der Waals surface area contributed by atoms with E-state index in [1.807, 2.05) is 0 Å². The number of hydrogen-bond acceptors (Lipinski definition) is 3. The summed E-state index contributed by atoms with van der Waals surface area (Å²) in [5.41, 5.74) is 0. The zero-order valence-corrected chi connectivity index (χ0v) is 12.7. The lowest BCUT2D eigenvalue weighted by Gasteiger charge is -2.31. The van der Waals surface area contributed by atoms with E-state index in [2.05, 4.69) is 38.0 Å². The molecule has 0 spiro atoms. The van der Waals surface area contributed by atoms with Crippen LogP contribution in [0.4, 0.5) is 0 Å². The SMILES string of the molecule is CCC(CC)NCC(C)N(C)CC1CCCOC1. The summed E-state index contributed by atoms with van der Waals surface area (Å²) in [5, 5.41) is 3.66. The minimum atomic E-state index is 0.604. The number of nitrogens with one attached hydrogen (secondary N) is 1. The maximum atomic E-state index is 5.55. The van der Waals surface area contributed by atoms with Gasteiger partial charge in [-0.3, -0.25) is 0 Å². The van der Waals surface area contributed by atoms with Crippen LogP contribution >= 0.6 is 0 Å². The quantitative estimate of drug-likeness (QED) is 0.722. The number of likely N-dealkylation sites (N-methyl/N-ethyl adjacent to an activating group) is 1. The fourth-order valence-corrected chi connectivity index (χ4v) is 2.61. The average molecular weight is 256 g/mol. The number of hydrogen-bond donors (Lipinski definition) is 1. The molecule has 0 aliphatic carbocycles. The highest BCUT2D eigenvalue weighted by Crippen LogP contribution is 2.15. The summed E-state index contributed by atoms with van der Waals surface area (Å²) in [6, 6.07) is 1.28. The zero-order chi connectivity index (χ0) is 13.4. The van der Waals surface area contributed by atoms with Gasteiger partial charge in [-0.05, 0) is 45.6 Å². The van der Waals surface area contributed by atoms with Crippen LogP contribution < -0.4 is 5.32 Å². The highest BCUT2D eigenvalue weighted by Gasteiger charge is 2.18. The summed E-state index contributed by atoms with van der Waals surface area (Å²) in [4.78, 5) is 2.48. The van der Waals surface area contributed by atoms with Crippen molar-refractivity contribution in [3.05, 3.63) is 0 Å². The summed E-state index contributed by atoms with van der Waals surface area (Å²) < 4.78 is 5.55. The Bertz CT molecular complexity index is 201. The van der Waals surface area contributed by atoms with E-state index in [1.165, 1.54) is 32.2 Å². The first kappa shape index (κ1) is 15.9. The van der Waals surface area contributed by atoms with E-state index in [0.717, 1.165) is 25.7 Å². The highest BCUT2D eigenvalue weighted by molar-refractivity contribution is 4.74. The molecule has 1 saturated heterocycles. The third-order valence-electron chi connectivity index (χ3n) is 4.24. The van der Waals surface area contributed by atoms with Gasteiger partial charge in [-0.15, -0.1) is 0 Å². The van der Waals surface area contributed by atoms with Crippen molar-refractivity contribution in [2.45, 2.75) is 58.5 Å². The van der Waals surface area contributed by atoms with Crippen molar-refractivity contribution in [1.29, 1.82) is 0 Å². The maximum Gasteiger partial charge on any atom is 0.0506 e. The Morgan fingerprint density at radius 2 is 2.06 bits per heavy atom. The summed E-state index contributed by atoms with van der Waals surface area (Å²) >= 11 is 0. The molecule has 1 aliphatic rings. The lowest BCUT2D eigenvalue weighted by atomic mass is 10.0. The van der Waals surface area contributed by atoms with Crippen LogP contribution in [0.1, 0.15) is 46.5 Å². The molecule has 0 aromatic rings. The third kappa shape index (κ3) is 5.68. The molecule has 3 nitrogen and oxygen atoms in total. The number of nitrogens with zero attached hydrogens (tertiary/aromatic N) is 1. The van der Waals surface area contributed by atoms with Gasteiger partial charge in [0.1, 0.15) is 0 Å². The van der Waals surface area contributed by atoms with E-state index in [0.29, 0.717) is 12.1 Å². The molecule has 0 amide bonds. The van der Waals surface area contributed by atoms with Crippen LogP contribution in [0.25, 0.3) is 0 Å². The standard InChI is InChI=1S/C15H32N2O/c1-5-15(6-2)16-10-13(3)17(4)11-14-8-7-9-18-12-14/h13-16H,5-12H2,1-4H3. The molecule has 0 aromatic heterocycles. The van der Waals surface area contributed by atoms with E-state index in [4.69, 9.17) is 4.74 Å². The Hall–Kier alpha value is -0.120. The van der Waals surface area contributed by atoms with Crippen molar-refractivity contribution >= 4 is 0 Å². The molecule has 1 aliphatic heterocycles. The van der Waals surface area contributed by atoms with E-state index >= 15 is 0 Å². The monoisotopic (exact) mass is 256 g/mol. The van der Waals surface area contributed by atoms with Crippen LogP contribution in [-0.2, 0) is 4.74 Å². The second kappa shape index (κ2) is 8.89. The van der Waals surface area contributed by atoms with Crippen molar-refractivity contribution in [2.24, 2.45) is 5.92 Å². The molecule has 1 N–H and O–H groups in total. The first-order chi connectivity index (χ1) is 8.67. The molecular formula is C15H32N2O. The number of ether oxygens (including phenoxy) is 1. The average Bonchev–Trinajstić information content (AvgIpc) is 2.40. The smallest absolute Gasteiger partial charge is 0.0506 e. The van der Waals surface area contributed by atoms with Gasteiger partial charge < -0.3 is 15.0 Å². The van der Waals surface area contributed by atoms with E-state index in [9.17, 15) is 0 Å². The molecule has 0 bridgehead atoms. The van der Waals surface area contributed by atoms with Crippen LogP contribution in [-0.4, -0.2) is 50.3 Å². The fraction of sp³-hybridized carbons (Fsp3) is 1.00. The summed E-state index contributed by atoms with van der Waals surface area (Å²) in [7, 11) is 2.24. The van der Waals surface area contributed by atoms with Crippen LogP contribution in [0.5, 0.6) is 0 Å². The van der Waals surface area contributed by atoms with Crippen molar-refractivity contribution in [3.63, 3.8) is 0 Å². The predicted octanol–water partition coefficient (Wildman–Crippen LogP) is 2.51. The third-order valence-corrected chi connectivity index (χ3v) is 4.24. The Balaban J connectivity index is 2.20. The van der Waals surface area contributed by atoms with Gasteiger partial charge in [0.25, 0.3) is 0 Å². The van der Waals surface area contributed by atoms with E-state index < -0.39 is 0 Å². The van der Waals surface area contributed by atoms with E-state index in [1.54, 1.807) is 0 Å². The van der Waals surface area contributed by atoms with Crippen molar-refractivity contribution in [3.8, 4) is 0 Å². The van der Waals surface area contributed by atoms with Gasteiger partial charge in [0, 0.05) is 31.8 Å². The van der Waals surface area contributed by atoms with Gasteiger partial charge in [-0.1, -0.05) is 13.8 Å². The largest absolute Gasteiger partial charge is 0.381 e. The van der Waals surface area contributed by atoms with Crippen LogP contribution in [0.3, 0.4) is 0 Å². The van der Waals surface area contributed by atoms with Gasteiger partial charge in [0.2, 0.25) is 0 Å². The molecule has 18 heavy (non-hydrogen) atoms. The second-order valence-corrected chi connectivity index (χ2v) is 5.79. The molecule has 1 rings (SSSR count). The molecule has 1 heterocycles. The van der Waals surface area contributed by atoms with Gasteiger partial charge in [0.05, 0.1) is 6.61 Å². The summed E-state index contributed by atoms with van der Waals surface area (Å²) in [6.07, 6.45) is 5.02. The molecule has 0 saturated carbocycles. The Kier molecular flexibility index (Phi) is 7.87. The van der Waals surface area contributed by atoms with E-state index in [-0.39, 0.29) is 0 Å². The molecule has 0 radical (unpaired) electrons. The normalized spacial score (nSPS) is 22.7. The van der Waals surface area contributed by atoms with Gasteiger partial charge in [-0.2, -0.15) is 0 Å². The fourth-order valence-electron chi connectivity index (χ4n) is 2.61. The van der Waals surface area contributed by atoms with Crippen LogP contribution in [0.2, 0.25) is 0 Å². The molecule has 1 fully saturated rings. The van der Waals surface area contributed by atoms with Gasteiger partial charge >= 0.3 is 0 Å². The topological polar surface area (TPSA) is 24.5 Å². The first-order valence-corrected chi connectivity index (χ1v) is 7.68. The highest BCUT2D eigenvalue weighted by atomic mass is 16.5. The maximum absolute atomic E-state index is 5.55. The summed E-state index contributed by atoms with van der Waals surface area (Å²) in [5.74, 6) is 0.736. The molecule has 2 unspecified atom stereocenters. The zero-order valence-electron chi connectivity index (χ0n) is 12.7. The van der Waals surface area contributed by atoms with Crippen LogP contribution in [0, 0.1) is 5.92 Å². The van der Waals surface area contributed by atoms with Gasteiger partial charge in [-0.25, -0.2) is 0 Å². The second-order valence-electron chi connectivity index (χ2n) is 5.79. The van der Waals surface area contributed by atoms with Crippen molar-refractivity contribution in [2.75, 3.05) is 33.4 Å². The van der Waals surface area contributed by atoms with Gasteiger partial charge in [0.15, 0.2) is 0 Å². The minimum Gasteiger partial charge on any atom is -0.381 e. The molecule has 2 atom stereocenters. The first-order valence-electron chi connectivity index (χ1n) is 7.68. The van der Waals surface area contributed by atoms with Crippen molar-refractivity contribution in [1.82, 2.24) is 10.2 Å². The Morgan fingerprint density at radius 3 is 2.61 bits per heavy atom. The summed E-state index contributed by atoms with van der Waals surface area (Å²) in [6.45, 7) is 11.0. The predicted molar refractivity (Wildman–Crippen MR) is 78.0 cm³/mol. The molecule has 3 heteroatoms. The molecular weight excluding hydrogens is 224 g/mol. The van der Waals surface area contributed by atoms with Crippen LogP contribution in [0.15, 0.2) is 0 Å². The lowest BCUT2D eigenvalue weighted by molar-refractivity contribution is 0.0371.